The Morgan fingerprint density at radius 2 is 2.00 bits per heavy atom. The van der Waals surface area contributed by atoms with E-state index in [1.165, 1.54) is 18.8 Å². The summed E-state index contributed by atoms with van der Waals surface area (Å²) in [5.74, 6) is 0.416. The number of hydrogen-bond acceptors (Lipinski definition) is 6. The van der Waals surface area contributed by atoms with Gasteiger partial charge in [-0.15, -0.1) is 0 Å². The lowest BCUT2D eigenvalue weighted by Crippen LogP contribution is -2.35. The summed E-state index contributed by atoms with van der Waals surface area (Å²) in [6.45, 7) is 6.09. The number of benzene rings is 1. The Balaban J connectivity index is 1.71. The minimum atomic E-state index is -0.473. The quantitative estimate of drug-likeness (QED) is 0.816. The molecule has 1 saturated heterocycles. The highest BCUT2D eigenvalue weighted by Gasteiger charge is 2.19. The van der Waals surface area contributed by atoms with Gasteiger partial charge < -0.3 is 15.0 Å². The number of rotatable bonds is 5. The number of carbonyl (C=O) groups is 2. The molecule has 1 aromatic carbocycles. The van der Waals surface area contributed by atoms with Crippen LogP contribution in [0.2, 0.25) is 0 Å². The predicted octanol–water partition coefficient (Wildman–Crippen LogP) is 3.14. The van der Waals surface area contributed by atoms with Crippen molar-refractivity contribution in [3.8, 4) is 0 Å². The van der Waals surface area contributed by atoms with Crippen LogP contribution in [0.25, 0.3) is 0 Å². The summed E-state index contributed by atoms with van der Waals surface area (Å²) in [5.41, 5.74) is 1.05. The van der Waals surface area contributed by atoms with E-state index < -0.39 is 5.97 Å². The predicted molar refractivity (Wildman–Crippen MR) is 103 cm³/mol. The van der Waals surface area contributed by atoms with Gasteiger partial charge in [-0.05, 0) is 37.8 Å². The summed E-state index contributed by atoms with van der Waals surface area (Å²) in [6, 6.07) is 6.74. The molecule has 0 saturated carbocycles. The number of esters is 1. The SMILES string of the molecule is CCOC(=O)c1ccccc1NC(=O)c1cnc(N2CCCC(C)C2)nc1. The highest BCUT2D eigenvalue weighted by molar-refractivity contribution is 6.07. The van der Waals surface area contributed by atoms with Crippen LogP contribution in [0.5, 0.6) is 0 Å². The van der Waals surface area contributed by atoms with E-state index in [1.807, 2.05) is 0 Å². The van der Waals surface area contributed by atoms with Crippen LogP contribution >= 0.6 is 0 Å². The smallest absolute Gasteiger partial charge is 0.340 e. The van der Waals surface area contributed by atoms with Crippen LogP contribution < -0.4 is 10.2 Å². The summed E-state index contributed by atoms with van der Waals surface area (Å²) in [4.78, 5) is 35.4. The topological polar surface area (TPSA) is 84.4 Å². The molecule has 1 unspecified atom stereocenters. The summed E-state index contributed by atoms with van der Waals surface area (Å²) in [6.07, 6.45) is 5.38. The minimum Gasteiger partial charge on any atom is -0.462 e. The molecule has 2 heterocycles. The standard InChI is InChI=1S/C20H24N4O3/c1-3-27-19(26)16-8-4-5-9-17(16)23-18(25)15-11-21-20(22-12-15)24-10-6-7-14(2)13-24/h4-5,8-9,11-12,14H,3,6-7,10,13H2,1-2H3,(H,23,25). The molecule has 1 aliphatic rings. The molecule has 0 bridgehead atoms. The van der Waals surface area contributed by atoms with Gasteiger partial charge in [0.1, 0.15) is 0 Å². The summed E-state index contributed by atoms with van der Waals surface area (Å²) in [5, 5.41) is 2.74. The van der Waals surface area contributed by atoms with E-state index in [-0.39, 0.29) is 12.5 Å². The number of ether oxygens (including phenoxy) is 1. The van der Waals surface area contributed by atoms with E-state index in [4.69, 9.17) is 4.74 Å². The number of nitrogens with zero attached hydrogens (tertiary/aromatic N) is 3. The van der Waals surface area contributed by atoms with Gasteiger partial charge in [-0.3, -0.25) is 4.79 Å². The average molecular weight is 368 g/mol. The van der Waals surface area contributed by atoms with Gasteiger partial charge >= 0.3 is 5.97 Å². The Morgan fingerprint density at radius 3 is 2.70 bits per heavy atom. The van der Waals surface area contributed by atoms with E-state index in [2.05, 4.69) is 27.1 Å². The van der Waals surface area contributed by atoms with Gasteiger partial charge in [0, 0.05) is 25.5 Å². The molecule has 2 aromatic rings. The fraction of sp³-hybridized carbons (Fsp3) is 0.400. The zero-order valence-corrected chi connectivity index (χ0v) is 15.6. The highest BCUT2D eigenvalue weighted by atomic mass is 16.5. The van der Waals surface area contributed by atoms with Crippen molar-refractivity contribution >= 4 is 23.5 Å². The lowest BCUT2D eigenvalue weighted by atomic mass is 10.0. The van der Waals surface area contributed by atoms with Crippen molar-refractivity contribution < 1.29 is 14.3 Å². The van der Waals surface area contributed by atoms with Gasteiger partial charge in [0.25, 0.3) is 5.91 Å². The Hall–Kier alpha value is -2.96. The second kappa shape index (κ2) is 8.62. The normalized spacial score (nSPS) is 16.7. The number of nitrogens with one attached hydrogen (secondary N) is 1. The largest absolute Gasteiger partial charge is 0.462 e. The first-order valence-electron chi connectivity index (χ1n) is 9.23. The molecule has 0 aliphatic carbocycles. The van der Waals surface area contributed by atoms with Crippen LogP contribution in [-0.2, 0) is 4.74 Å². The number of para-hydroxylation sites is 1. The van der Waals surface area contributed by atoms with Crippen LogP contribution in [0.4, 0.5) is 11.6 Å². The average Bonchev–Trinajstić information content (AvgIpc) is 2.68. The van der Waals surface area contributed by atoms with E-state index >= 15 is 0 Å². The van der Waals surface area contributed by atoms with Crippen LogP contribution in [0.3, 0.4) is 0 Å². The lowest BCUT2D eigenvalue weighted by Gasteiger charge is -2.30. The Bertz CT molecular complexity index is 807. The van der Waals surface area contributed by atoms with Gasteiger partial charge in [0.05, 0.1) is 23.4 Å². The molecule has 1 aromatic heterocycles. The first kappa shape index (κ1) is 18.8. The van der Waals surface area contributed by atoms with Crippen LogP contribution in [0, 0.1) is 5.92 Å². The molecular weight excluding hydrogens is 344 g/mol. The maximum atomic E-state index is 12.5. The van der Waals surface area contributed by atoms with E-state index in [0.29, 0.717) is 28.7 Å². The summed E-state index contributed by atoms with van der Waals surface area (Å²) in [7, 11) is 0. The molecule has 1 amide bonds. The van der Waals surface area contributed by atoms with Gasteiger partial charge in [0.15, 0.2) is 0 Å². The van der Waals surface area contributed by atoms with Gasteiger partial charge in [-0.1, -0.05) is 19.1 Å². The molecule has 1 aliphatic heterocycles. The lowest BCUT2D eigenvalue weighted by molar-refractivity contribution is 0.0527. The zero-order valence-electron chi connectivity index (χ0n) is 15.6. The molecule has 3 rings (SSSR count). The minimum absolute atomic E-state index is 0.269. The van der Waals surface area contributed by atoms with Crippen molar-refractivity contribution in [3.63, 3.8) is 0 Å². The Morgan fingerprint density at radius 1 is 1.26 bits per heavy atom. The summed E-state index contributed by atoms with van der Waals surface area (Å²) < 4.78 is 5.03. The third-order valence-electron chi connectivity index (χ3n) is 4.51. The van der Waals surface area contributed by atoms with Crippen molar-refractivity contribution in [1.82, 2.24) is 9.97 Å². The first-order valence-corrected chi connectivity index (χ1v) is 9.23. The number of hydrogen-bond donors (Lipinski definition) is 1. The summed E-state index contributed by atoms with van der Waals surface area (Å²) >= 11 is 0. The number of anilines is 2. The fourth-order valence-electron chi connectivity index (χ4n) is 3.15. The molecule has 27 heavy (non-hydrogen) atoms. The van der Waals surface area contributed by atoms with Crippen molar-refractivity contribution in [2.75, 3.05) is 29.9 Å². The number of piperidine rings is 1. The molecule has 1 N–H and O–H groups in total. The molecule has 0 spiro atoms. The number of carbonyl (C=O) groups excluding carboxylic acids is 2. The van der Waals surface area contributed by atoms with Crippen LogP contribution in [0.1, 0.15) is 47.4 Å². The molecule has 7 heteroatoms. The second-order valence-electron chi connectivity index (χ2n) is 6.69. The van der Waals surface area contributed by atoms with Crippen molar-refractivity contribution in [1.29, 1.82) is 0 Å². The number of aromatic nitrogens is 2. The van der Waals surface area contributed by atoms with Crippen molar-refractivity contribution in [2.45, 2.75) is 26.7 Å². The van der Waals surface area contributed by atoms with Crippen LogP contribution in [0.15, 0.2) is 36.7 Å². The first-order chi connectivity index (χ1) is 13.1. The van der Waals surface area contributed by atoms with E-state index in [1.54, 1.807) is 31.2 Å². The van der Waals surface area contributed by atoms with E-state index in [9.17, 15) is 9.59 Å². The van der Waals surface area contributed by atoms with E-state index in [0.717, 1.165) is 19.5 Å². The maximum Gasteiger partial charge on any atom is 0.340 e. The molecule has 7 nitrogen and oxygen atoms in total. The molecule has 1 atom stereocenters. The third-order valence-corrected chi connectivity index (χ3v) is 4.51. The molecular formula is C20H24N4O3. The monoisotopic (exact) mass is 368 g/mol. The van der Waals surface area contributed by atoms with Crippen LogP contribution in [-0.4, -0.2) is 41.5 Å². The fourth-order valence-corrected chi connectivity index (χ4v) is 3.15. The van der Waals surface area contributed by atoms with Gasteiger partial charge in [-0.25, -0.2) is 14.8 Å². The molecule has 0 radical (unpaired) electrons. The maximum absolute atomic E-state index is 12.5. The molecule has 1 fully saturated rings. The van der Waals surface area contributed by atoms with Crippen molar-refractivity contribution in [3.05, 3.63) is 47.8 Å². The van der Waals surface area contributed by atoms with Gasteiger partial charge in [-0.2, -0.15) is 0 Å². The zero-order chi connectivity index (χ0) is 19.2. The second-order valence-corrected chi connectivity index (χ2v) is 6.69. The number of amides is 1. The highest BCUT2D eigenvalue weighted by Crippen LogP contribution is 2.20. The van der Waals surface area contributed by atoms with Gasteiger partial charge in [0.2, 0.25) is 5.95 Å². The Kier molecular flexibility index (Phi) is 6.01. The Labute approximate surface area is 158 Å². The molecule has 142 valence electrons. The van der Waals surface area contributed by atoms with Crippen molar-refractivity contribution in [2.24, 2.45) is 5.92 Å². The third kappa shape index (κ3) is 4.61.